The van der Waals surface area contributed by atoms with Crippen molar-refractivity contribution in [3.63, 3.8) is 0 Å². The predicted octanol–water partition coefficient (Wildman–Crippen LogP) is 2.42. The third-order valence-electron chi connectivity index (χ3n) is 7.26. The van der Waals surface area contributed by atoms with Crippen molar-refractivity contribution in [2.24, 2.45) is 5.41 Å². The van der Waals surface area contributed by atoms with Crippen LogP contribution >= 0.6 is 0 Å². The standard InChI is InChI=1S/C26H36N4O6S/c1-4-21-23-22(17-26(18-27-24(23)31)10-14-35-15-11-26)30(28-21)12-5-6-13-36-25(32)19-8-7-9-20(16-19)37(33,34)29(2)3/h7-9,16H,4-6,10-15,17-18H2,1-3H3,(H,27,31). The lowest BCUT2D eigenvalue weighted by Gasteiger charge is -2.36. The highest BCUT2D eigenvalue weighted by Gasteiger charge is 2.39. The normalized spacial score (nSPS) is 17.4. The lowest BCUT2D eigenvalue weighted by atomic mass is 9.76. The molecular weight excluding hydrogens is 496 g/mol. The molecule has 4 rings (SSSR count). The van der Waals surface area contributed by atoms with E-state index in [-0.39, 0.29) is 28.4 Å². The van der Waals surface area contributed by atoms with E-state index in [0.717, 1.165) is 41.4 Å². The quantitative estimate of drug-likeness (QED) is 0.389. The molecule has 0 radical (unpaired) electrons. The second-order valence-corrected chi connectivity index (χ2v) is 12.1. The average Bonchev–Trinajstić information content (AvgIpc) is 3.17. The Balaban J connectivity index is 1.37. The topological polar surface area (TPSA) is 120 Å². The highest BCUT2D eigenvalue weighted by Crippen LogP contribution is 2.37. The fourth-order valence-electron chi connectivity index (χ4n) is 4.96. The van der Waals surface area contributed by atoms with E-state index in [1.54, 1.807) is 6.07 Å². The van der Waals surface area contributed by atoms with Crippen LogP contribution in [0.1, 0.15) is 64.7 Å². The fraction of sp³-hybridized carbons (Fsp3) is 0.577. The molecule has 202 valence electrons. The summed E-state index contributed by atoms with van der Waals surface area (Å²) in [5.74, 6) is -0.607. The summed E-state index contributed by atoms with van der Waals surface area (Å²) in [6.07, 6.45) is 4.62. The van der Waals surface area contributed by atoms with E-state index >= 15 is 0 Å². The van der Waals surface area contributed by atoms with E-state index in [4.69, 9.17) is 14.6 Å². The second kappa shape index (κ2) is 11.3. The third kappa shape index (κ3) is 5.89. The number of carbonyl (C=O) groups excluding carboxylic acids is 2. The number of aromatic nitrogens is 2. The van der Waals surface area contributed by atoms with Crippen LogP contribution in [0, 0.1) is 5.41 Å². The Morgan fingerprint density at radius 1 is 1.24 bits per heavy atom. The van der Waals surface area contributed by atoms with Crippen LogP contribution in [0.25, 0.3) is 0 Å². The van der Waals surface area contributed by atoms with Gasteiger partial charge in [0, 0.05) is 40.4 Å². The van der Waals surface area contributed by atoms with Gasteiger partial charge in [0.05, 0.1) is 34.0 Å². The molecule has 0 bridgehead atoms. The summed E-state index contributed by atoms with van der Waals surface area (Å²) in [6.45, 7) is 4.89. The molecule has 3 heterocycles. The molecule has 1 amide bonds. The summed E-state index contributed by atoms with van der Waals surface area (Å²) in [5.41, 5.74) is 2.71. The monoisotopic (exact) mass is 532 g/mol. The Kier molecular flexibility index (Phi) is 8.35. The Labute approximate surface area is 218 Å². The summed E-state index contributed by atoms with van der Waals surface area (Å²) in [5, 5.41) is 7.89. The second-order valence-electron chi connectivity index (χ2n) is 9.98. The van der Waals surface area contributed by atoms with Crippen LogP contribution in [0.5, 0.6) is 0 Å². The number of carbonyl (C=O) groups is 2. The van der Waals surface area contributed by atoms with Gasteiger partial charge < -0.3 is 14.8 Å². The first kappa shape index (κ1) is 27.3. The molecule has 0 aliphatic carbocycles. The molecule has 1 saturated heterocycles. The van der Waals surface area contributed by atoms with Gasteiger partial charge in [-0.3, -0.25) is 9.48 Å². The van der Waals surface area contributed by atoms with Crippen LogP contribution in [0.4, 0.5) is 0 Å². The van der Waals surface area contributed by atoms with Gasteiger partial charge in [0.25, 0.3) is 5.91 Å². The molecule has 1 spiro atoms. The van der Waals surface area contributed by atoms with Gasteiger partial charge in [-0.2, -0.15) is 5.10 Å². The van der Waals surface area contributed by atoms with E-state index in [2.05, 4.69) is 5.32 Å². The summed E-state index contributed by atoms with van der Waals surface area (Å²) < 4.78 is 38.7. The Morgan fingerprint density at radius 2 is 2.00 bits per heavy atom. The largest absolute Gasteiger partial charge is 0.462 e. The highest BCUT2D eigenvalue weighted by molar-refractivity contribution is 7.89. The van der Waals surface area contributed by atoms with E-state index in [9.17, 15) is 18.0 Å². The van der Waals surface area contributed by atoms with Crippen molar-refractivity contribution in [3.8, 4) is 0 Å². The van der Waals surface area contributed by atoms with Crippen LogP contribution in [0.3, 0.4) is 0 Å². The number of nitrogens with one attached hydrogen (secondary N) is 1. The average molecular weight is 533 g/mol. The molecular formula is C26H36N4O6S. The van der Waals surface area contributed by atoms with Crippen LogP contribution in [0.2, 0.25) is 0 Å². The van der Waals surface area contributed by atoms with E-state index in [1.807, 2.05) is 11.6 Å². The Morgan fingerprint density at radius 3 is 2.70 bits per heavy atom. The van der Waals surface area contributed by atoms with Gasteiger partial charge in [0.15, 0.2) is 0 Å². The van der Waals surface area contributed by atoms with E-state index in [1.165, 1.54) is 32.3 Å². The van der Waals surface area contributed by atoms with Crippen molar-refractivity contribution in [2.45, 2.75) is 56.9 Å². The number of rotatable bonds is 9. The molecule has 0 unspecified atom stereocenters. The zero-order chi connectivity index (χ0) is 26.6. The fourth-order valence-corrected chi connectivity index (χ4v) is 5.91. The maximum absolute atomic E-state index is 12.9. The smallest absolute Gasteiger partial charge is 0.338 e. The number of esters is 1. The van der Waals surface area contributed by atoms with Gasteiger partial charge in [0.2, 0.25) is 10.0 Å². The molecule has 37 heavy (non-hydrogen) atoms. The van der Waals surface area contributed by atoms with Crippen LogP contribution in [-0.4, -0.2) is 74.8 Å². The molecule has 2 aliphatic rings. The minimum Gasteiger partial charge on any atom is -0.462 e. The lowest BCUT2D eigenvalue weighted by Crippen LogP contribution is -2.40. The van der Waals surface area contributed by atoms with Crippen LogP contribution in [0.15, 0.2) is 29.2 Å². The molecule has 1 aromatic heterocycles. The Bertz CT molecular complexity index is 1250. The number of ether oxygens (including phenoxy) is 2. The van der Waals surface area contributed by atoms with Gasteiger partial charge >= 0.3 is 5.97 Å². The zero-order valence-corrected chi connectivity index (χ0v) is 22.6. The number of amides is 1. The van der Waals surface area contributed by atoms with Crippen molar-refractivity contribution in [2.75, 3.05) is 40.5 Å². The van der Waals surface area contributed by atoms with Crippen molar-refractivity contribution >= 4 is 21.9 Å². The van der Waals surface area contributed by atoms with Crippen molar-refractivity contribution < 1.29 is 27.5 Å². The maximum Gasteiger partial charge on any atom is 0.338 e. The summed E-state index contributed by atoms with van der Waals surface area (Å²) >= 11 is 0. The van der Waals surface area contributed by atoms with Crippen molar-refractivity contribution in [3.05, 3.63) is 46.8 Å². The van der Waals surface area contributed by atoms with Gasteiger partial charge in [-0.05, 0) is 62.1 Å². The highest BCUT2D eigenvalue weighted by atomic mass is 32.2. The van der Waals surface area contributed by atoms with Crippen molar-refractivity contribution in [1.82, 2.24) is 19.4 Å². The molecule has 0 saturated carbocycles. The molecule has 1 fully saturated rings. The minimum absolute atomic E-state index is 0.00785. The predicted molar refractivity (Wildman–Crippen MR) is 137 cm³/mol. The number of sulfonamides is 1. The van der Waals surface area contributed by atoms with Gasteiger partial charge in [-0.1, -0.05) is 13.0 Å². The Hall–Kier alpha value is -2.76. The molecule has 1 aromatic carbocycles. The van der Waals surface area contributed by atoms with Gasteiger partial charge in [0.1, 0.15) is 0 Å². The van der Waals surface area contributed by atoms with Crippen LogP contribution in [-0.2, 0) is 38.9 Å². The molecule has 10 nitrogen and oxygen atoms in total. The molecule has 2 aliphatic heterocycles. The number of hydrogen-bond donors (Lipinski definition) is 1. The SMILES string of the molecule is CCc1nn(CCCCOC(=O)c2cccc(S(=O)(=O)N(C)C)c2)c2c1C(=O)NCC1(CCOCC1)C2. The maximum atomic E-state index is 12.9. The van der Waals surface area contributed by atoms with Gasteiger partial charge in [-0.25, -0.2) is 17.5 Å². The lowest BCUT2D eigenvalue weighted by molar-refractivity contribution is 0.0152. The molecule has 11 heteroatoms. The summed E-state index contributed by atoms with van der Waals surface area (Å²) in [6, 6.07) is 5.86. The van der Waals surface area contributed by atoms with E-state index in [0.29, 0.717) is 44.7 Å². The first-order chi connectivity index (χ1) is 17.7. The van der Waals surface area contributed by atoms with Crippen molar-refractivity contribution in [1.29, 1.82) is 0 Å². The first-order valence-corrected chi connectivity index (χ1v) is 14.2. The number of aryl methyl sites for hydroxylation is 2. The minimum atomic E-state index is -3.64. The number of benzene rings is 1. The summed E-state index contributed by atoms with van der Waals surface area (Å²) in [7, 11) is -0.752. The summed E-state index contributed by atoms with van der Waals surface area (Å²) in [4.78, 5) is 25.5. The van der Waals surface area contributed by atoms with Gasteiger partial charge in [-0.15, -0.1) is 0 Å². The molecule has 1 N–H and O–H groups in total. The number of fused-ring (bicyclic) bond motifs is 1. The number of unbranched alkanes of at least 4 members (excludes halogenated alkanes) is 1. The van der Waals surface area contributed by atoms with Crippen LogP contribution < -0.4 is 5.32 Å². The first-order valence-electron chi connectivity index (χ1n) is 12.8. The molecule has 2 aromatic rings. The zero-order valence-electron chi connectivity index (χ0n) is 21.8. The van der Waals surface area contributed by atoms with E-state index < -0.39 is 16.0 Å². The third-order valence-corrected chi connectivity index (χ3v) is 9.07. The number of hydrogen-bond acceptors (Lipinski definition) is 7. The molecule has 0 atom stereocenters. The number of nitrogens with zero attached hydrogens (tertiary/aromatic N) is 3.